The second-order valence-corrected chi connectivity index (χ2v) is 6.34. The summed E-state index contributed by atoms with van der Waals surface area (Å²) >= 11 is 5.79. The Balaban J connectivity index is 1.97. The quantitative estimate of drug-likeness (QED) is 0.549. The molecule has 0 saturated heterocycles. The zero-order valence-electron chi connectivity index (χ0n) is 15.2. The zero-order chi connectivity index (χ0) is 19.2. The van der Waals surface area contributed by atoms with Crippen LogP contribution in [0.25, 0.3) is 17.0 Å². The van der Waals surface area contributed by atoms with E-state index < -0.39 is 5.82 Å². The van der Waals surface area contributed by atoms with E-state index in [0.717, 1.165) is 17.7 Å². The maximum absolute atomic E-state index is 13.9. The number of rotatable bonds is 7. The van der Waals surface area contributed by atoms with Gasteiger partial charge in [-0.3, -0.25) is 0 Å². The van der Waals surface area contributed by atoms with Crippen LogP contribution in [-0.4, -0.2) is 36.5 Å². The van der Waals surface area contributed by atoms with Crippen LogP contribution in [0.5, 0.6) is 0 Å². The Labute approximate surface area is 162 Å². The highest BCUT2D eigenvalue weighted by Gasteiger charge is 2.14. The monoisotopic (exact) mass is 389 g/mol. The largest absolute Gasteiger partial charge is 0.377 e. The first-order valence-corrected chi connectivity index (χ1v) is 9.06. The van der Waals surface area contributed by atoms with E-state index in [9.17, 15) is 4.39 Å². The second-order valence-electron chi connectivity index (χ2n) is 5.93. The third-order valence-electron chi connectivity index (χ3n) is 4.12. The summed E-state index contributed by atoms with van der Waals surface area (Å²) in [4.78, 5) is 9.10. The van der Waals surface area contributed by atoms with Crippen LogP contribution < -0.4 is 5.32 Å². The Morgan fingerprint density at radius 2 is 2.15 bits per heavy atom. The van der Waals surface area contributed by atoms with Crippen LogP contribution in [0.15, 0.2) is 42.5 Å². The van der Waals surface area contributed by atoms with E-state index in [1.54, 1.807) is 13.2 Å². The Kier molecular flexibility index (Phi) is 6.55. The molecule has 1 aliphatic rings. The van der Waals surface area contributed by atoms with Gasteiger partial charge in [-0.2, -0.15) is 0 Å². The predicted molar refractivity (Wildman–Crippen MR) is 105 cm³/mol. The highest BCUT2D eigenvalue weighted by Crippen LogP contribution is 2.27. The first-order valence-electron chi connectivity index (χ1n) is 8.68. The lowest BCUT2D eigenvalue weighted by molar-refractivity contribution is 0.143. The summed E-state index contributed by atoms with van der Waals surface area (Å²) in [5.74, 6) is 0.499. The molecule has 2 aromatic rings. The number of nitrogens with one attached hydrogen (secondary N) is 1. The van der Waals surface area contributed by atoms with E-state index in [2.05, 4.69) is 21.4 Å². The van der Waals surface area contributed by atoms with E-state index in [1.807, 2.05) is 25.1 Å². The van der Waals surface area contributed by atoms with Crippen molar-refractivity contribution in [2.45, 2.75) is 19.4 Å². The molecule has 0 saturated carbocycles. The second kappa shape index (κ2) is 9.08. The maximum Gasteiger partial charge on any atom is 0.162 e. The number of hydrogen-bond donors (Lipinski definition) is 1. The van der Waals surface area contributed by atoms with Crippen LogP contribution in [0, 0.1) is 5.82 Å². The summed E-state index contributed by atoms with van der Waals surface area (Å²) in [6.07, 6.45) is 6.86. The van der Waals surface area contributed by atoms with Crippen LogP contribution in [0.4, 0.5) is 10.2 Å². The number of halogens is 2. The van der Waals surface area contributed by atoms with Crippen LogP contribution in [0.1, 0.15) is 19.0 Å². The highest BCUT2D eigenvalue weighted by molar-refractivity contribution is 6.30. The van der Waals surface area contributed by atoms with Crippen molar-refractivity contribution in [3.8, 4) is 11.4 Å². The minimum absolute atomic E-state index is 0.0631. The number of methoxy groups -OCH3 is 1. The molecule has 1 aliphatic carbocycles. The molecule has 0 fully saturated rings. The zero-order valence-corrected chi connectivity index (χ0v) is 16.0. The van der Waals surface area contributed by atoms with Gasteiger partial charge in [0.2, 0.25) is 0 Å². The molecule has 0 aliphatic heterocycles. The van der Waals surface area contributed by atoms with Crippen molar-refractivity contribution >= 4 is 23.0 Å². The van der Waals surface area contributed by atoms with Crippen LogP contribution in [0.3, 0.4) is 0 Å². The third-order valence-corrected chi connectivity index (χ3v) is 4.43. The van der Waals surface area contributed by atoms with E-state index in [1.165, 1.54) is 12.1 Å². The standard InChI is InChI=1S/C20H21ClFN3O2/c1-3-27-12-23-19-11-18(13-4-7-15(26-2)8-5-13)24-20(25-19)14-6-9-16(21)17(22)10-14/h4-7,9-11,15H,3,8,12H2,1-2H3,(H,23,24,25). The van der Waals surface area contributed by atoms with Gasteiger partial charge in [-0.25, -0.2) is 14.4 Å². The van der Waals surface area contributed by atoms with Crippen molar-refractivity contribution in [2.24, 2.45) is 0 Å². The lowest BCUT2D eigenvalue weighted by Gasteiger charge is -2.16. The minimum atomic E-state index is -0.508. The van der Waals surface area contributed by atoms with Gasteiger partial charge >= 0.3 is 0 Å². The molecule has 1 aromatic heterocycles. The van der Waals surface area contributed by atoms with E-state index >= 15 is 0 Å². The average molecular weight is 390 g/mol. The van der Waals surface area contributed by atoms with Gasteiger partial charge < -0.3 is 14.8 Å². The molecule has 0 amide bonds. The summed E-state index contributed by atoms with van der Waals surface area (Å²) in [6.45, 7) is 2.83. The van der Waals surface area contributed by atoms with Gasteiger partial charge in [0.1, 0.15) is 18.4 Å². The summed E-state index contributed by atoms with van der Waals surface area (Å²) in [5.41, 5.74) is 2.24. The van der Waals surface area contributed by atoms with Crippen molar-refractivity contribution in [3.63, 3.8) is 0 Å². The molecule has 7 heteroatoms. The molecule has 3 rings (SSSR count). The number of aromatic nitrogens is 2. The fourth-order valence-electron chi connectivity index (χ4n) is 2.64. The summed E-state index contributed by atoms with van der Waals surface area (Å²) in [7, 11) is 1.68. The summed E-state index contributed by atoms with van der Waals surface area (Å²) in [5, 5.41) is 3.18. The molecule has 142 valence electrons. The SMILES string of the molecule is CCOCNc1cc(C2=CCC(OC)C=C2)nc(-c2ccc(Cl)c(F)c2)n1. The first-order chi connectivity index (χ1) is 13.1. The van der Waals surface area contributed by atoms with Crippen molar-refractivity contribution < 1.29 is 13.9 Å². The maximum atomic E-state index is 13.9. The predicted octanol–water partition coefficient (Wildman–Crippen LogP) is 4.70. The van der Waals surface area contributed by atoms with Gasteiger partial charge in [0.05, 0.1) is 16.8 Å². The lowest BCUT2D eigenvalue weighted by atomic mass is 10.0. The van der Waals surface area contributed by atoms with Gasteiger partial charge in [-0.05, 0) is 37.1 Å². The molecule has 5 nitrogen and oxygen atoms in total. The minimum Gasteiger partial charge on any atom is -0.377 e. The number of anilines is 1. The Bertz CT molecular complexity index is 870. The normalized spacial score (nSPS) is 16.3. The molecule has 0 spiro atoms. The van der Waals surface area contributed by atoms with E-state index in [-0.39, 0.29) is 11.1 Å². The number of benzene rings is 1. The van der Waals surface area contributed by atoms with Crippen molar-refractivity contribution in [3.05, 3.63) is 59.0 Å². The van der Waals surface area contributed by atoms with Gasteiger partial charge in [0.15, 0.2) is 5.82 Å². The van der Waals surface area contributed by atoms with E-state index in [4.69, 9.17) is 21.1 Å². The fraction of sp³-hybridized carbons (Fsp3) is 0.300. The molecule has 1 heterocycles. The van der Waals surface area contributed by atoms with Crippen LogP contribution in [0.2, 0.25) is 5.02 Å². The lowest BCUT2D eigenvalue weighted by Crippen LogP contribution is -2.10. The number of nitrogens with zero attached hydrogens (tertiary/aromatic N) is 2. The Morgan fingerprint density at radius 1 is 1.30 bits per heavy atom. The number of hydrogen-bond acceptors (Lipinski definition) is 5. The summed E-state index contributed by atoms with van der Waals surface area (Å²) < 4.78 is 24.6. The molecule has 1 aromatic carbocycles. The van der Waals surface area contributed by atoms with Gasteiger partial charge in [0.25, 0.3) is 0 Å². The van der Waals surface area contributed by atoms with E-state index in [0.29, 0.717) is 30.5 Å². The highest BCUT2D eigenvalue weighted by atomic mass is 35.5. The van der Waals surface area contributed by atoms with Crippen molar-refractivity contribution in [1.29, 1.82) is 0 Å². The van der Waals surface area contributed by atoms with Crippen LogP contribution in [-0.2, 0) is 9.47 Å². The molecule has 1 N–H and O–H groups in total. The molecule has 1 unspecified atom stereocenters. The summed E-state index contributed by atoms with van der Waals surface area (Å²) in [6, 6.07) is 6.37. The van der Waals surface area contributed by atoms with Crippen molar-refractivity contribution in [1.82, 2.24) is 9.97 Å². The van der Waals surface area contributed by atoms with Crippen molar-refractivity contribution in [2.75, 3.05) is 25.8 Å². The molecule has 0 bridgehead atoms. The Hall–Kier alpha value is -2.28. The third kappa shape index (κ3) is 4.91. The van der Waals surface area contributed by atoms with Gasteiger partial charge in [-0.1, -0.05) is 29.8 Å². The Morgan fingerprint density at radius 3 is 2.81 bits per heavy atom. The molecule has 0 radical (unpaired) electrons. The number of ether oxygens (including phenoxy) is 2. The topological polar surface area (TPSA) is 56.3 Å². The smallest absolute Gasteiger partial charge is 0.162 e. The molecule has 1 atom stereocenters. The van der Waals surface area contributed by atoms with Gasteiger partial charge in [-0.15, -0.1) is 0 Å². The first kappa shape index (κ1) is 19.5. The molecular weight excluding hydrogens is 369 g/mol. The molecule has 27 heavy (non-hydrogen) atoms. The molecular formula is C20H21ClFN3O2. The number of allylic oxidation sites excluding steroid dienone is 2. The van der Waals surface area contributed by atoms with Crippen LogP contribution >= 0.6 is 11.6 Å². The average Bonchev–Trinajstić information content (AvgIpc) is 2.70. The fourth-order valence-corrected chi connectivity index (χ4v) is 2.76. The van der Waals surface area contributed by atoms with Gasteiger partial charge in [0, 0.05) is 25.3 Å².